The molecular formula is C26H27F2N3O3. The van der Waals surface area contributed by atoms with Crippen LogP contribution < -0.4 is 15.2 Å². The van der Waals surface area contributed by atoms with Crippen molar-refractivity contribution in [2.75, 3.05) is 13.2 Å². The molecule has 0 atom stereocenters. The van der Waals surface area contributed by atoms with Crippen molar-refractivity contribution in [3.63, 3.8) is 0 Å². The van der Waals surface area contributed by atoms with Crippen LogP contribution in [0.4, 0.5) is 14.5 Å². The maximum absolute atomic E-state index is 15.2. The summed E-state index contributed by atoms with van der Waals surface area (Å²) in [4.78, 5) is 8.08. The van der Waals surface area contributed by atoms with Crippen molar-refractivity contribution >= 4 is 11.5 Å². The topological polar surface area (TPSA) is 79.0 Å². The van der Waals surface area contributed by atoms with Gasteiger partial charge in [-0.2, -0.15) is 4.39 Å². The molecule has 0 radical (unpaired) electrons. The number of hydrogen-bond donors (Lipinski definition) is 1. The van der Waals surface area contributed by atoms with Crippen molar-refractivity contribution in [2.24, 2.45) is 16.1 Å². The Morgan fingerprint density at radius 2 is 1.94 bits per heavy atom. The summed E-state index contributed by atoms with van der Waals surface area (Å²) in [5.74, 6) is -0.309. The number of nitrogens with two attached hydrogens (primary N) is 1. The Morgan fingerprint density at radius 3 is 2.71 bits per heavy atom. The lowest BCUT2D eigenvalue weighted by molar-refractivity contribution is 0.126. The smallest absolute Gasteiger partial charge is 0.220 e. The van der Waals surface area contributed by atoms with Gasteiger partial charge in [-0.15, -0.1) is 0 Å². The minimum Gasteiger partial charge on any atom is -0.493 e. The SMILES string of the molecule is CC(C)(C)COc1cc(F)c2c(c1)N=C(N)CCOCc1cc(-c3cccnc3F)ccc1O2. The van der Waals surface area contributed by atoms with E-state index >= 15 is 4.39 Å². The molecule has 0 saturated heterocycles. The predicted octanol–water partition coefficient (Wildman–Crippen LogP) is 6.15. The van der Waals surface area contributed by atoms with Gasteiger partial charge in [-0.05, 0) is 35.2 Å². The Hall–Kier alpha value is -3.52. The van der Waals surface area contributed by atoms with Crippen LogP contribution >= 0.6 is 0 Å². The second-order valence-electron chi connectivity index (χ2n) is 9.27. The summed E-state index contributed by atoms with van der Waals surface area (Å²) in [6.45, 7) is 6.94. The number of rotatable bonds is 3. The van der Waals surface area contributed by atoms with E-state index in [4.69, 9.17) is 19.9 Å². The lowest BCUT2D eigenvalue weighted by Gasteiger charge is -2.20. The molecule has 0 fully saturated rings. The molecule has 3 aromatic rings. The third-order valence-electron chi connectivity index (χ3n) is 5.04. The van der Waals surface area contributed by atoms with Crippen molar-refractivity contribution in [2.45, 2.75) is 33.8 Å². The van der Waals surface area contributed by atoms with Crippen LogP contribution in [0.25, 0.3) is 11.1 Å². The van der Waals surface area contributed by atoms with Crippen molar-refractivity contribution in [1.82, 2.24) is 4.98 Å². The van der Waals surface area contributed by atoms with Crippen molar-refractivity contribution in [3.8, 4) is 28.4 Å². The number of aliphatic imine (C=N–C) groups is 1. The molecule has 1 aliphatic rings. The highest BCUT2D eigenvalue weighted by Gasteiger charge is 2.20. The molecule has 178 valence electrons. The average molecular weight is 468 g/mol. The zero-order chi connectivity index (χ0) is 24.3. The van der Waals surface area contributed by atoms with E-state index < -0.39 is 11.8 Å². The van der Waals surface area contributed by atoms with Gasteiger partial charge >= 0.3 is 0 Å². The van der Waals surface area contributed by atoms with Gasteiger partial charge in [0.05, 0.1) is 19.8 Å². The third-order valence-corrected chi connectivity index (χ3v) is 5.04. The standard InChI is InChI=1S/C26H27F2N3O3/c1-26(2,3)15-33-18-12-20(27)24-21(13-18)31-23(29)8-10-32-14-17-11-16(6-7-22(17)34-24)19-5-4-9-30-25(19)28/h4-7,9,11-13H,8,10,14-15H2,1-3H3,(H2,29,31). The maximum atomic E-state index is 15.2. The van der Waals surface area contributed by atoms with Gasteiger partial charge in [0, 0.05) is 35.9 Å². The van der Waals surface area contributed by atoms with Crippen LogP contribution in [-0.4, -0.2) is 24.0 Å². The van der Waals surface area contributed by atoms with Gasteiger partial charge in [-0.3, -0.25) is 0 Å². The molecule has 2 heterocycles. The maximum Gasteiger partial charge on any atom is 0.220 e. The Balaban J connectivity index is 1.75. The lowest BCUT2D eigenvalue weighted by Crippen LogP contribution is -2.17. The van der Waals surface area contributed by atoms with E-state index in [2.05, 4.69) is 9.98 Å². The van der Waals surface area contributed by atoms with Crippen LogP contribution in [0.3, 0.4) is 0 Å². The van der Waals surface area contributed by atoms with E-state index in [9.17, 15) is 4.39 Å². The Kier molecular flexibility index (Phi) is 6.79. The Labute approximate surface area is 197 Å². The van der Waals surface area contributed by atoms with Crippen LogP contribution in [0, 0.1) is 17.2 Å². The molecule has 1 aromatic heterocycles. The molecule has 0 spiro atoms. The first-order valence-electron chi connectivity index (χ1n) is 11.0. The number of halogens is 2. The molecule has 0 saturated carbocycles. The molecule has 2 N–H and O–H groups in total. The largest absolute Gasteiger partial charge is 0.493 e. The lowest BCUT2D eigenvalue weighted by atomic mass is 9.99. The van der Waals surface area contributed by atoms with E-state index in [-0.39, 0.29) is 29.3 Å². The quantitative estimate of drug-likeness (QED) is 0.467. The van der Waals surface area contributed by atoms with Crippen molar-refractivity contribution in [1.29, 1.82) is 0 Å². The number of amidine groups is 1. The van der Waals surface area contributed by atoms with Gasteiger partial charge in [0.1, 0.15) is 23.0 Å². The van der Waals surface area contributed by atoms with Crippen LogP contribution in [0.2, 0.25) is 0 Å². The molecule has 0 amide bonds. The van der Waals surface area contributed by atoms with Crippen molar-refractivity contribution < 1.29 is 23.0 Å². The number of benzene rings is 2. The number of aromatic nitrogens is 1. The summed E-state index contributed by atoms with van der Waals surface area (Å²) >= 11 is 0. The summed E-state index contributed by atoms with van der Waals surface area (Å²) in [5.41, 5.74) is 7.75. The van der Waals surface area contributed by atoms with E-state index in [0.717, 1.165) is 0 Å². The van der Waals surface area contributed by atoms with E-state index in [1.807, 2.05) is 20.8 Å². The molecule has 0 bridgehead atoms. The molecule has 0 aliphatic carbocycles. The minimum absolute atomic E-state index is 0.0745. The van der Waals surface area contributed by atoms with Gasteiger partial charge in [-0.25, -0.2) is 14.4 Å². The number of pyridine rings is 1. The normalized spacial score (nSPS) is 14.2. The summed E-state index contributed by atoms with van der Waals surface area (Å²) in [5, 5.41) is 0. The summed E-state index contributed by atoms with van der Waals surface area (Å²) in [6.07, 6.45) is 1.74. The fourth-order valence-corrected chi connectivity index (χ4v) is 3.36. The van der Waals surface area contributed by atoms with Crippen LogP contribution in [0.5, 0.6) is 17.2 Å². The molecule has 0 unspecified atom stereocenters. The Bertz CT molecular complexity index is 1220. The second-order valence-corrected chi connectivity index (χ2v) is 9.27. The van der Waals surface area contributed by atoms with Gasteiger partial charge in [-0.1, -0.05) is 26.8 Å². The van der Waals surface area contributed by atoms with Gasteiger partial charge in [0.25, 0.3) is 0 Å². The first-order chi connectivity index (χ1) is 16.2. The summed E-state index contributed by atoms with van der Waals surface area (Å²) < 4.78 is 47.0. The number of ether oxygens (including phenoxy) is 3. The van der Waals surface area contributed by atoms with E-state index in [1.165, 1.54) is 12.3 Å². The number of nitrogens with zero attached hydrogens (tertiary/aromatic N) is 2. The van der Waals surface area contributed by atoms with E-state index in [0.29, 0.717) is 47.8 Å². The first-order valence-corrected chi connectivity index (χ1v) is 11.0. The molecule has 34 heavy (non-hydrogen) atoms. The van der Waals surface area contributed by atoms with Crippen molar-refractivity contribution in [3.05, 3.63) is 66.0 Å². The highest BCUT2D eigenvalue weighted by atomic mass is 19.1. The Morgan fingerprint density at radius 1 is 1.12 bits per heavy atom. The zero-order valence-electron chi connectivity index (χ0n) is 19.4. The first kappa shape index (κ1) is 23.6. The molecule has 8 heteroatoms. The molecule has 4 rings (SSSR count). The van der Waals surface area contributed by atoms with E-state index in [1.54, 1.807) is 36.4 Å². The highest BCUT2D eigenvalue weighted by molar-refractivity contribution is 5.84. The monoisotopic (exact) mass is 467 g/mol. The molecule has 1 aliphatic heterocycles. The third kappa shape index (κ3) is 5.69. The van der Waals surface area contributed by atoms with Gasteiger partial charge in [0.2, 0.25) is 5.95 Å². The predicted molar refractivity (Wildman–Crippen MR) is 127 cm³/mol. The number of fused-ring (bicyclic) bond motifs is 2. The van der Waals surface area contributed by atoms with Crippen LogP contribution in [0.1, 0.15) is 32.8 Å². The van der Waals surface area contributed by atoms with Crippen LogP contribution in [0.15, 0.2) is 53.7 Å². The molecule has 2 aromatic carbocycles. The summed E-state index contributed by atoms with van der Waals surface area (Å²) in [6, 6.07) is 11.3. The average Bonchev–Trinajstić information content (AvgIpc) is 2.80. The number of hydrogen-bond acceptors (Lipinski definition) is 6. The highest BCUT2D eigenvalue weighted by Crippen LogP contribution is 2.40. The zero-order valence-corrected chi connectivity index (χ0v) is 19.4. The fraction of sp³-hybridized carbons (Fsp3) is 0.308. The van der Waals surface area contributed by atoms with Crippen LogP contribution in [-0.2, 0) is 11.3 Å². The minimum atomic E-state index is -0.633. The summed E-state index contributed by atoms with van der Waals surface area (Å²) in [7, 11) is 0. The fourth-order valence-electron chi connectivity index (χ4n) is 3.36. The molecular weight excluding hydrogens is 440 g/mol. The second kappa shape index (κ2) is 9.77. The molecule has 6 nitrogen and oxygen atoms in total. The van der Waals surface area contributed by atoms with Gasteiger partial charge in [0.15, 0.2) is 11.6 Å². The van der Waals surface area contributed by atoms with Gasteiger partial charge < -0.3 is 19.9 Å².